The molecule has 0 aromatic heterocycles. The molecule has 196 valence electrons. The Hall–Kier alpha value is -2.94. The van der Waals surface area contributed by atoms with Gasteiger partial charge in [0.05, 0.1) is 30.1 Å². The Bertz CT molecular complexity index is 1210. The molecule has 3 saturated heterocycles. The Labute approximate surface area is 221 Å². The van der Waals surface area contributed by atoms with E-state index in [-0.39, 0.29) is 24.3 Å². The lowest BCUT2D eigenvalue weighted by atomic mass is 9.62. The summed E-state index contributed by atoms with van der Waals surface area (Å²) in [7, 11) is 0. The highest BCUT2D eigenvalue weighted by Gasteiger charge is 2.80. The van der Waals surface area contributed by atoms with Crippen molar-refractivity contribution in [2.45, 2.75) is 57.0 Å². The van der Waals surface area contributed by atoms with Crippen molar-refractivity contribution < 1.29 is 24.2 Å². The molecule has 9 heteroatoms. The number of hydrogen-bond donors (Lipinski definition) is 3. The van der Waals surface area contributed by atoms with Crippen LogP contribution in [0.4, 0.5) is 5.69 Å². The van der Waals surface area contributed by atoms with Crippen molar-refractivity contribution in [3.8, 4) is 0 Å². The third kappa shape index (κ3) is 4.02. The predicted octanol–water partition coefficient (Wildman–Crippen LogP) is 2.99. The summed E-state index contributed by atoms with van der Waals surface area (Å²) in [5.41, 5.74) is -0.613. The summed E-state index contributed by atoms with van der Waals surface area (Å²) in [6, 6.07) is 14.6. The third-order valence-corrected chi connectivity index (χ3v) is 8.70. The van der Waals surface area contributed by atoms with Crippen LogP contribution < -0.4 is 10.6 Å². The molecule has 37 heavy (non-hydrogen) atoms. The summed E-state index contributed by atoms with van der Waals surface area (Å²) in [4.78, 5) is 42.9. The van der Waals surface area contributed by atoms with Crippen molar-refractivity contribution in [2.75, 3.05) is 11.9 Å². The van der Waals surface area contributed by atoms with Crippen LogP contribution in [-0.4, -0.2) is 57.6 Å². The number of amides is 3. The van der Waals surface area contributed by atoms with Gasteiger partial charge in [-0.2, -0.15) is 0 Å². The molecule has 3 fully saturated rings. The topological polar surface area (TPSA) is 108 Å². The first-order chi connectivity index (χ1) is 17.6. The maximum Gasteiger partial charge on any atom is 0.250 e. The van der Waals surface area contributed by atoms with Crippen LogP contribution in [0.5, 0.6) is 0 Å². The van der Waals surface area contributed by atoms with Gasteiger partial charge in [0.25, 0.3) is 0 Å². The SMILES string of the molecule is CC1CC23O[C@@]1(C)[C@H](C(=O)NCc1ccccc1)[C@H]2C(=O)N([C@H](C)CO)C3C(=O)Nc1ccc(Cl)cc1. The van der Waals surface area contributed by atoms with Crippen LogP contribution in [0.15, 0.2) is 54.6 Å². The molecule has 5 rings (SSSR count). The minimum Gasteiger partial charge on any atom is -0.394 e. The number of rotatable bonds is 7. The molecule has 3 unspecified atom stereocenters. The van der Waals surface area contributed by atoms with Gasteiger partial charge in [0.1, 0.15) is 11.6 Å². The molecule has 2 aromatic carbocycles. The van der Waals surface area contributed by atoms with Gasteiger partial charge in [-0.15, -0.1) is 0 Å². The number of carbonyl (C=O) groups is 3. The first-order valence-electron chi connectivity index (χ1n) is 12.6. The smallest absolute Gasteiger partial charge is 0.250 e. The number of halogens is 1. The highest BCUT2D eigenvalue weighted by atomic mass is 35.5. The molecule has 2 aromatic rings. The quantitative estimate of drug-likeness (QED) is 0.515. The molecule has 2 bridgehead atoms. The lowest BCUT2D eigenvalue weighted by molar-refractivity contribution is -0.148. The molecule has 0 saturated carbocycles. The second-order valence-electron chi connectivity index (χ2n) is 10.7. The summed E-state index contributed by atoms with van der Waals surface area (Å²) in [6.07, 6.45) is 0.454. The van der Waals surface area contributed by atoms with Crippen LogP contribution in [-0.2, 0) is 25.7 Å². The predicted molar refractivity (Wildman–Crippen MR) is 139 cm³/mol. The normalized spacial score (nSPS) is 32.8. The zero-order chi connectivity index (χ0) is 26.5. The summed E-state index contributed by atoms with van der Waals surface area (Å²) in [5, 5.41) is 16.4. The monoisotopic (exact) mass is 525 g/mol. The van der Waals surface area contributed by atoms with E-state index in [1.807, 2.05) is 44.2 Å². The van der Waals surface area contributed by atoms with E-state index < -0.39 is 41.0 Å². The number of likely N-dealkylation sites (tertiary alicyclic amines) is 1. The van der Waals surface area contributed by atoms with Crippen molar-refractivity contribution in [1.29, 1.82) is 0 Å². The highest BCUT2D eigenvalue weighted by molar-refractivity contribution is 6.30. The van der Waals surface area contributed by atoms with E-state index in [0.29, 0.717) is 23.7 Å². The number of nitrogens with zero attached hydrogens (tertiary/aromatic N) is 1. The first kappa shape index (κ1) is 25.7. The number of aliphatic hydroxyl groups is 1. The zero-order valence-corrected chi connectivity index (χ0v) is 21.9. The molecule has 8 nitrogen and oxygen atoms in total. The third-order valence-electron chi connectivity index (χ3n) is 8.44. The number of aliphatic hydroxyl groups excluding tert-OH is 1. The van der Waals surface area contributed by atoms with Gasteiger partial charge in [-0.1, -0.05) is 48.9 Å². The minimum absolute atomic E-state index is 0.0701. The van der Waals surface area contributed by atoms with Gasteiger partial charge in [-0.3, -0.25) is 14.4 Å². The van der Waals surface area contributed by atoms with Crippen LogP contribution in [0.2, 0.25) is 5.02 Å². The van der Waals surface area contributed by atoms with E-state index in [1.54, 1.807) is 31.2 Å². The Morgan fingerprint density at radius 3 is 2.49 bits per heavy atom. The van der Waals surface area contributed by atoms with Crippen LogP contribution >= 0.6 is 11.6 Å². The fourth-order valence-electron chi connectivity index (χ4n) is 6.58. The number of fused-ring (bicyclic) bond motifs is 1. The Morgan fingerprint density at radius 1 is 1.16 bits per heavy atom. The standard InChI is InChI=1S/C28H32ClN3O5/c1-16-13-28-22(21(27(16,3)37-28)24(34)30-14-18-7-5-4-6-8-18)26(36)32(17(2)15-33)23(28)25(35)31-20-11-9-19(29)10-12-20/h4-12,16-17,21-23,33H,13-15H2,1-3H3,(H,30,34)(H,31,35)/t16?,17-,21+,22+,23?,27-,28?/m1/s1. The van der Waals surface area contributed by atoms with Crippen LogP contribution in [0.25, 0.3) is 0 Å². The molecule has 1 spiro atoms. The minimum atomic E-state index is -1.18. The van der Waals surface area contributed by atoms with Gasteiger partial charge in [0, 0.05) is 17.3 Å². The Balaban J connectivity index is 1.50. The average molecular weight is 526 g/mol. The van der Waals surface area contributed by atoms with E-state index in [1.165, 1.54) is 4.90 Å². The molecule has 3 heterocycles. The second kappa shape index (κ2) is 9.42. The molecule has 0 radical (unpaired) electrons. The largest absolute Gasteiger partial charge is 0.394 e. The fourth-order valence-corrected chi connectivity index (χ4v) is 6.70. The molecule has 3 amide bonds. The number of anilines is 1. The van der Waals surface area contributed by atoms with Crippen molar-refractivity contribution in [1.82, 2.24) is 10.2 Å². The van der Waals surface area contributed by atoms with E-state index in [0.717, 1.165) is 5.56 Å². The molecule has 0 aliphatic carbocycles. The summed E-state index contributed by atoms with van der Waals surface area (Å²) in [6.45, 7) is 5.57. The molecule has 3 aliphatic rings. The Morgan fingerprint density at radius 2 is 1.84 bits per heavy atom. The van der Waals surface area contributed by atoms with Gasteiger partial charge in [-0.05, 0) is 56.0 Å². The number of nitrogens with one attached hydrogen (secondary N) is 2. The lowest BCUT2D eigenvalue weighted by Gasteiger charge is -2.36. The number of carbonyl (C=O) groups excluding carboxylic acids is 3. The number of hydrogen-bond acceptors (Lipinski definition) is 5. The molecular weight excluding hydrogens is 494 g/mol. The zero-order valence-electron chi connectivity index (χ0n) is 21.1. The van der Waals surface area contributed by atoms with Crippen LogP contribution in [0.1, 0.15) is 32.8 Å². The van der Waals surface area contributed by atoms with Gasteiger partial charge >= 0.3 is 0 Å². The maximum absolute atomic E-state index is 14.0. The molecular formula is C28H32ClN3O5. The first-order valence-corrected chi connectivity index (χ1v) is 13.0. The van der Waals surface area contributed by atoms with Gasteiger partial charge in [0.2, 0.25) is 17.7 Å². The van der Waals surface area contributed by atoms with Gasteiger partial charge < -0.3 is 25.4 Å². The maximum atomic E-state index is 14.0. The second-order valence-corrected chi connectivity index (χ2v) is 11.1. The Kier molecular flexibility index (Phi) is 6.54. The molecule has 7 atom stereocenters. The van der Waals surface area contributed by atoms with E-state index in [9.17, 15) is 19.5 Å². The summed E-state index contributed by atoms with van der Waals surface area (Å²) in [5.74, 6) is -2.70. The lowest BCUT2D eigenvalue weighted by Crippen LogP contribution is -2.56. The number of ether oxygens (including phenoxy) is 1. The molecule has 3 N–H and O–H groups in total. The van der Waals surface area contributed by atoms with Gasteiger partial charge in [-0.25, -0.2) is 0 Å². The highest BCUT2D eigenvalue weighted by Crippen LogP contribution is 2.65. The van der Waals surface area contributed by atoms with Crippen molar-refractivity contribution in [3.63, 3.8) is 0 Å². The molecule has 3 aliphatic heterocycles. The van der Waals surface area contributed by atoms with Crippen LogP contribution in [0, 0.1) is 17.8 Å². The van der Waals surface area contributed by atoms with Crippen LogP contribution in [0.3, 0.4) is 0 Å². The van der Waals surface area contributed by atoms with Crippen molar-refractivity contribution in [2.24, 2.45) is 17.8 Å². The number of benzene rings is 2. The summed E-state index contributed by atoms with van der Waals surface area (Å²) < 4.78 is 6.67. The van der Waals surface area contributed by atoms with Gasteiger partial charge in [0.15, 0.2) is 0 Å². The van der Waals surface area contributed by atoms with Crippen molar-refractivity contribution in [3.05, 3.63) is 65.2 Å². The van der Waals surface area contributed by atoms with E-state index in [4.69, 9.17) is 16.3 Å². The fraction of sp³-hybridized carbons (Fsp3) is 0.464. The summed E-state index contributed by atoms with van der Waals surface area (Å²) >= 11 is 5.99. The van der Waals surface area contributed by atoms with E-state index in [2.05, 4.69) is 10.6 Å². The van der Waals surface area contributed by atoms with Crippen molar-refractivity contribution >= 4 is 35.0 Å². The van der Waals surface area contributed by atoms with E-state index >= 15 is 0 Å². The average Bonchev–Trinajstić information content (AvgIpc) is 3.40.